The number of hydrogen-bond donors (Lipinski definition) is 1. The fourth-order valence-corrected chi connectivity index (χ4v) is 3.71. The van der Waals surface area contributed by atoms with Gasteiger partial charge in [0.05, 0.1) is 24.8 Å². The van der Waals surface area contributed by atoms with Gasteiger partial charge in [0.2, 0.25) is 11.8 Å². The van der Waals surface area contributed by atoms with Gasteiger partial charge in [0, 0.05) is 32.1 Å². The number of ether oxygens (including phenoxy) is 2. The molecule has 2 aromatic rings. The number of benzene rings is 1. The van der Waals surface area contributed by atoms with E-state index in [-0.39, 0.29) is 35.4 Å². The maximum atomic E-state index is 12.6. The Labute approximate surface area is 174 Å². The van der Waals surface area contributed by atoms with Crippen molar-refractivity contribution in [2.45, 2.75) is 31.5 Å². The van der Waals surface area contributed by atoms with E-state index in [2.05, 4.69) is 10.3 Å². The van der Waals surface area contributed by atoms with E-state index in [1.165, 1.54) is 12.3 Å². The van der Waals surface area contributed by atoms with Crippen molar-refractivity contribution in [3.05, 3.63) is 58.7 Å². The van der Waals surface area contributed by atoms with E-state index in [1.807, 2.05) is 30.3 Å². The predicted octanol–water partition coefficient (Wildman–Crippen LogP) is 2.43. The second-order valence-electron chi connectivity index (χ2n) is 7.25. The maximum absolute atomic E-state index is 12.6. The normalized spacial score (nSPS) is 21.4. The molecule has 2 aliphatic rings. The van der Waals surface area contributed by atoms with Gasteiger partial charge in [-0.05, 0) is 11.6 Å². The second kappa shape index (κ2) is 8.80. The lowest BCUT2D eigenvalue weighted by Crippen LogP contribution is -2.37. The Kier molecular flexibility index (Phi) is 5.97. The fraction of sp³-hybridized carbons (Fsp3) is 0.381. The second-order valence-corrected chi connectivity index (χ2v) is 7.66. The van der Waals surface area contributed by atoms with E-state index in [4.69, 9.17) is 21.1 Å². The summed E-state index contributed by atoms with van der Waals surface area (Å²) in [5, 5.41) is 3.18. The highest BCUT2D eigenvalue weighted by molar-refractivity contribution is 6.32. The van der Waals surface area contributed by atoms with Gasteiger partial charge in [-0.3, -0.25) is 9.59 Å². The van der Waals surface area contributed by atoms with E-state index >= 15 is 0 Å². The third-order valence-electron chi connectivity index (χ3n) is 5.00. The number of nitrogens with zero attached hydrogens (tertiary/aromatic N) is 2. The van der Waals surface area contributed by atoms with Crippen molar-refractivity contribution in [2.75, 3.05) is 19.8 Å². The zero-order valence-electron chi connectivity index (χ0n) is 15.8. The standard InChI is InChI=1S/C21H22ClN3O4/c22-18-8-15(10-23-21(18)29-17-6-7-28-13-17)20(27)24-16-9-19(26)25(12-16)11-14-4-2-1-3-5-14/h1-5,8,10,16-17H,6-7,9,11-13H2,(H,24,27). The van der Waals surface area contributed by atoms with Crippen LogP contribution in [0.15, 0.2) is 42.6 Å². The Morgan fingerprint density at radius 3 is 2.90 bits per heavy atom. The number of halogens is 1. The van der Waals surface area contributed by atoms with Crippen LogP contribution in [0, 0.1) is 0 Å². The van der Waals surface area contributed by atoms with Crippen LogP contribution in [0.3, 0.4) is 0 Å². The van der Waals surface area contributed by atoms with Crippen molar-refractivity contribution in [3.8, 4) is 5.88 Å². The highest BCUT2D eigenvalue weighted by Gasteiger charge is 2.31. The Hall–Kier alpha value is -2.64. The molecule has 152 valence electrons. The molecule has 7 nitrogen and oxygen atoms in total. The number of amides is 2. The molecule has 2 fully saturated rings. The zero-order valence-corrected chi connectivity index (χ0v) is 16.6. The van der Waals surface area contributed by atoms with Gasteiger partial charge in [-0.2, -0.15) is 0 Å². The molecule has 4 rings (SSSR count). The van der Waals surface area contributed by atoms with Crippen LogP contribution in [0.25, 0.3) is 0 Å². The first-order chi connectivity index (χ1) is 14.1. The van der Waals surface area contributed by atoms with Crippen LogP contribution < -0.4 is 10.1 Å². The van der Waals surface area contributed by atoms with Gasteiger partial charge in [0.1, 0.15) is 11.1 Å². The number of carbonyl (C=O) groups excluding carboxylic acids is 2. The van der Waals surface area contributed by atoms with E-state index < -0.39 is 0 Å². The molecule has 0 radical (unpaired) electrons. The number of carbonyl (C=O) groups is 2. The van der Waals surface area contributed by atoms with E-state index in [0.29, 0.717) is 37.7 Å². The molecular formula is C21H22ClN3O4. The molecule has 0 spiro atoms. The van der Waals surface area contributed by atoms with Crippen molar-refractivity contribution in [3.63, 3.8) is 0 Å². The van der Waals surface area contributed by atoms with Crippen LogP contribution in [0.1, 0.15) is 28.8 Å². The number of hydrogen-bond acceptors (Lipinski definition) is 5. The molecule has 0 aliphatic carbocycles. The Morgan fingerprint density at radius 1 is 1.34 bits per heavy atom. The Bertz CT molecular complexity index is 887. The van der Waals surface area contributed by atoms with Crippen LogP contribution in [-0.4, -0.2) is 53.6 Å². The summed E-state index contributed by atoms with van der Waals surface area (Å²) in [5.74, 6) is 0.0103. The molecule has 2 unspecified atom stereocenters. The van der Waals surface area contributed by atoms with Crippen molar-refractivity contribution in [1.82, 2.24) is 15.2 Å². The van der Waals surface area contributed by atoms with Crippen LogP contribution in [0.4, 0.5) is 0 Å². The van der Waals surface area contributed by atoms with Crippen LogP contribution in [0.5, 0.6) is 5.88 Å². The summed E-state index contributed by atoms with van der Waals surface area (Å²) in [7, 11) is 0. The molecule has 3 heterocycles. The summed E-state index contributed by atoms with van der Waals surface area (Å²) in [6.45, 7) is 2.18. The van der Waals surface area contributed by atoms with Gasteiger partial charge in [-0.15, -0.1) is 0 Å². The first kappa shape index (κ1) is 19.7. The van der Waals surface area contributed by atoms with Crippen molar-refractivity contribution in [1.29, 1.82) is 0 Å². The summed E-state index contributed by atoms with van der Waals surface area (Å²) >= 11 is 6.23. The molecule has 2 aliphatic heterocycles. The molecule has 2 saturated heterocycles. The average Bonchev–Trinajstić information content (AvgIpc) is 3.34. The van der Waals surface area contributed by atoms with Crippen molar-refractivity contribution >= 4 is 23.4 Å². The van der Waals surface area contributed by atoms with Gasteiger partial charge in [-0.1, -0.05) is 41.9 Å². The van der Waals surface area contributed by atoms with Gasteiger partial charge in [0.15, 0.2) is 0 Å². The lowest BCUT2D eigenvalue weighted by molar-refractivity contribution is -0.128. The minimum absolute atomic E-state index is 0.0258. The summed E-state index contributed by atoms with van der Waals surface area (Å²) < 4.78 is 11.0. The molecular weight excluding hydrogens is 394 g/mol. The molecule has 1 aromatic carbocycles. The molecule has 2 atom stereocenters. The summed E-state index contributed by atoms with van der Waals surface area (Å²) in [5.41, 5.74) is 1.39. The van der Waals surface area contributed by atoms with Crippen LogP contribution in [-0.2, 0) is 16.1 Å². The van der Waals surface area contributed by atoms with Gasteiger partial charge in [0.25, 0.3) is 5.91 Å². The number of aromatic nitrogens is 1. The third-order valence-corrected chi connectivity index (χ3v) is 5.27. The highest BCUT2D eigenvalue weighted by atomic mass is 35.5. The van der Waals surface area contributed by atoms with Crippen molar-refractivity contribution < 1.29 is 19.1 Å². The zero-order chi connectivity index (χ0) is 20.2. The first-order valence-corrected chi connectivity index (χ1v) is 9.99. The molecule has 0 bridgehead atoms. The van der Waals surface area contributed by atoms with Gasteiger partial charge in [-0.25, -0.2) is 4.98 Å². The number of rotatable bonds is 6. The minimum Gasteiger partial charge on any atom is -0.471 e. The molecule has 1 N–H and O–H groups in total. The summed E-state index contributed by atoms with van der Waals surface area (Å²) in [6.07, 6.45) is 2.43. The third kappa shape index (κ3) is 4.86. The number of likely N-dealkylation sites (tertiary alicyclic amines) is 1. The number of nitrogens with one attached hydrogen (secondary N) is 1. The van der Waals surface area contributed by atoms with Crippen LogP contribution >= 0.6 is 11.6 Å². The first-order valence-electron chi connectivity index (χ1n) is 9.61. The van der Waals surface area contributed by atoms with E-state index in [0.717, 1.165) is 12.0 Å². The quantitative estimate of drug-likeness (QED) is 0.783. The monoisotopic (exact) mass is 415 g/mol. The van der Waals surface area contributed by atoms with Crippen LogP contribution in [0.2, 0.25) is 5.02 Å². The molecule has 0 saturated carbocycles. The smallest absolute Gasteiger partial charge is 0.253 e. The average molecular weight is 416 g/mol. The maximum Gasteiger partial charge on any atom is 0.253 e. The van der Waals surface area contributed by atoms with Gasteiger partial charge < -0.3 is 19.7 Å². The minimum atomic E-state index is -0.311. The lowest BCUT2D eigenvalue weighted by atomic mass is 10.2. The Balaban J connectivity index is 1.34. The van der Waals surface area contributed by atoms with Crippen molar-refractivity contribution in [2.24, 2.45) is 0 Å². The molecule has 1 aromatic heterocycles. The molecule has 2 amide bonds. The molecule has 8 heteroatoms. The predicted molar refractivity (Wildman–Crippen MR) is 107 cm³/mol. The van der Waals surface area contributed by atoms with Gasteiger partial charge >= 0.3 is 0 Å². The van der Waals surface area contributed by atoms with E-state index in [9.17, 15) is 9.59 Å². The molecule has 29 heavy (non-hydrogen) atoms. The fourth-order valence-electron chi connectivity index (χ4n) is 3.49. The summed E-state index contributed by atoms with van der Waals surface area (Å²) in [4.78, 5) is 30.8. The SMILES string of the molecule is O=C(NC1CC(=O)N(Cc2ccccc2)C1)c1cnc(OC2CCOC2)c(Cl)c1. The van der Waals surface area contributed by atoms with E-state index in [1.54, 1.807) is 4.90 Å². The summed E-state index contributed by atoms with van der Waals surface area (Å²) in [6, 6.07) is 11.1. The highest BCUT2D eigenvalue weighted by Crippen LogP contribution is 2.25. The number of pyridine rings is 1. The topological polar surface area (TPSA) is 80.8 Å². The lowest BCUT2D eigenvalue weighted by Gasteiger charge is -2.17. The Morgan fingerprint density at radius 2 is 2.17 bits per heavy atom. The largest absolute Gasteiger partial charge is 0.471 e.